The predicted molar refractivity (Wildman–Crippen MR) is 75.7 cm³/mol. The van der Waals surface area contributed by atoms with E-state index in [1.165, 1.54) is 0 Å². The molecular formula is C16H21NO3. The summed E-state index contributed by atoms with van der Waals surface area (Å²) in [6.45, 7) is 1.68. The number of ether oxygens (including phenoxy) is 1. The molecule has 0 bridgehead atoms. The summed E-state index contributed by atoms with van der Waals surface area (Å²) in [6.07, 6.45) is 2.53. The Morgan fingerprint density at radius 2 is 2.15 bits per heavy atom. The van der Waals surface area contributed by atoms with Gasteiger partial charge in [0, 0.05) is 37.5 Å². The predicted octanol–water partition coefficient (Wildman–Crippen LogP) is 1.71. The number of fused-ring (bicyclic) bond motifs is 1. The molecule has 1 aromatic rings. The molecule has 1 aromatic carbocycles. The van der Waals surface area contributed by atoms with E-state index in [4.69, 9.17) is 4.74 Å². The van der Waals surface area contributed by atoms with Crippen molar-refractivity contribution in [2.75, 3.05) is 20.2 Å². The van der Waals surface area contributed by atoms with Crippen LogP contribution < -0.4 is 4.74 Å². The number of methoxy groups -OCH3 is 1. The molecule has 0 spiro atoms. The van der Waals surface area contributed by atoms with Crippen LogP contribution in [-0.2, 0) is 10.4 Å². The first-order valence-electron chi connectivity index (χ1n) is 7.24. The molecule has 0 aromatic heterocycles. The van der Waals surface area contributed by atoms with Crippen LogP contribution in [-0.4, -0.2) is 42.0 Å². The Morgan fingerprint density at radius 3 is 2.95 bits per heavy atom. The highest BCUT2D eigenvalue weighted by Crippen LogP contribution is 2.41. The zero-order chi connectivity index (χ0) is 14.2. The number of Topliss-reactive ketones (excluding diaryl/α,β-unsaturated/α-hetero) is 1. The lowest BCUT2D eigenvalue weighted by atomic mass is 9.78. The number of hydrogen-bond acceptors (Lipinski definition) is 4. The second-order valence-corrected chi connectivity index (χ2v) is 5.87. The Hall–Kier alpha value is -1.39. The molecule has 2 heterocycles. The zero-order valence-corrected chi connectivity index (χ0v) is 11.8. The number of ketones is 1. The lowest BCUT2D eigenvalue weighted by Crippen LogP contribution is -2.52. The second-order valence-electron chi connectivity index (χ2n) is 5.87. The highest BCUT2D eigenvalue weighted by molar-refractivity contribution is 5.80. The molecular weight excluding hydrogens is 254 g/mol. The molecule has 2 aliphatic rings. The lowest BCUT2D eigenvalue weighted by molar-refractivity contribution is -0.127. The third-order valence-electron chi connectivity index (χ3n) is 4.65. The van der Waals surface area contributed by atoms with Gasteiger partial charge in [-0.1, -0.05) is 18.2 Å². The van der Waals surface area contributed by atoms with Crippen molar-refractivity contribution in [2.45, 2.75) is 37.3 Å². The van der Waals surface area contributed by atoms with Crippen LogP contribution in [0.3, 0.4) is 0 Å². The minimum atomic E-state index is -0.884. The van der Waals surface area contributed by atoms with Crippen molar-refractivity contribution in [3.05, 3.63) is 29.8 Å². The van der Waals surface area contributed by atoms with Gasteiger partial charge in [0.05, 0.1) is 12.7 Å². The van der Waals surface area contributed by atoms with Gasteiger partial charge in [-0.15, -0.1) is 0 Å². The third kappa shape index (κ3) is 2.34. The summed E-state index contributed by atoms with van der Waals surface area (Å²) in [4.78, 5) is 14.0. The average molecular weight is 275 g/mol. The molecule has 0 aliphatic carbocycles. The summed E-state index contributed by atoms with van der Waals surface area (Å²) >= 11 is 0. The molecule has 2 atom stereocenters. The van der Waals surface area contributed by atoms with E-state index >= 15 is 0 Å². The standard InChI is InChI=1S/C16H21NO3/c1-20-15-5-3-2-4-14(15)16(19)7-9-17-8-6-13(18)10-12(17)11-16/h2-5,12,19H,6-11H2,1H3. The fourth-order valence-corrected chi connectivity index (χ4v) is 3.53. The summed E-state index contributed by atoms with van der Waals surface area (Å²) in [5, 5.41) is 11.1. The van der Waals surface area contributed by atoms with Crippen molar-refractivity contribution in [3.63, 3.8) is 0 Å². The first-order valence-corrected chi connectivity index (χ1v) is 7.24. The lowest BCUT2D eigenvalue weighted by Gasteiger charge is -2.46. The molecule has 4 heteroatoms. The molecule has 4 nitrogen and oxygen atoms in total. The van der Waals surface area contributed by atoms with Crippen LogP contribution in [0.1, 0.15) is 31.2 Å². The number of carbonyl (C=O) groups is 1. The molecule has 0 radical (unpaired) electrons. The van der Waals surface area contributed by atoms with Gasteiger partial charge in [-0.25, -0.2) is 0 Å². The second kappa shape index (κ2) is 5.19. The van der Waals surface area contributed by atoms with Gasteiger partial charge in [-0.2, -0.15) is 0 Å². The number of para-hydroxylation sites is 1. The largest absolute Gasteiger partial charge is 0.496 e. The highest BCUT2D eigenvalue weighted by atomic mass is 16.5. The Bertz CT molecular complexity index is 516. The fourth-order valence-electron chi connectivity index (χ4n) is 3.53. The quantitative estimate of drug-likeness (QED) is 0.892. The van der Waals surface area contributed by atoms with E-state index in [0.29, 0.717) is 31.5 Å². The molecule has 2 aliphatic heterocycles. The van der Waals surface area contributed by atoms with Crippen LogP contribution in [0.4, 0.5) is 0 Å². The maximum atomic E-state index is 11.7. The fraction of sp³-hybridized carbons (Fsp3) is 0.562. The molecule has 0 saturated carbocycles. The number of rotatable bonds is 2. The van der Waals surface area contributed by atoms with Crippen LogP contribution in [0, 0.1) is 0 Å². The van der Waals surface area contributed by atoms with Gasteiger partial charge < -0.3 is 9.84 Å². The molecule has 2 fully saturated rings. The number of piperidine rings is 2. The topological polar surface area (TPSA) is 49.8 Å². The van der Waals surface area contributed by atoms with Crippen molar-refractivity contribution >= 4 is 5.78 Å². The zero-order valence-electron chi connectivity index (χ0n) is 11.8. The molecule has 108 valence electrons. The van der Waals surface area contributed by atoms with E-state index < -0.39 is 5.60 Å². The Morgan fingerprint density at radius 1 is 1.35 bits per heavy atom. The SMILES string of the molecule is COc1ccccc1C1(O)CCN2CCC(=O)CC2C1. The normalized spacial score (nSPS) is 30.9. The van der Waals surface area contributed by atoms with Gasteiger partial charge >= 0.3 is 0 Å². The van der Waals surface area contributed by atoms with Gasteiger partial charge in [0.2, 0.25) is 0 Å². The van der Waals surface area contributed by atoms with E-state index in [0.717, 1.165) is 24.4 Å². The van der Waals surface area contributed by atoms with Crippen LogP contribution in [0.25, 0.3) is 0 Å². The van der Waals surface area contributed by atoms with Gasteiger partial charge in [0.15, 0.2) is 0 Å². The molecule has 1 N–H and O–H groups in total. The Labute approximate surface area is 119 Å². The summed E-state index contributed by atoms with van der Waals surface area (Å²) in [6, 6.07) is 7.81. The van der Waals surface area contributed by atoms with Crippen LogP contribution in [0.5, 0.6) is 5.75 Å². The minimum Gasteiger partial charge on any atom is -0.496 e. The third-order valence-corrected chi connectivity index (χ3v) is 4.65. The molecule has 2 unspecified atom stereocenters. The molecule has 2 saturated heterocycles. The van der Waals surface area contributed by atoms with Crippen molar-refractivity contribution in [3.8, 4) is 5.75 Å². The summed E-state index contributed by atoms with van der Waals surface area (Å²) in [5.41, 5.74) is -0.0362. The van der Waals surface area contributed by atoms with Crippen LogP contribution >= 0.6 is 0 Å². The van der Waals surface area contributed by atoms with Gasteiger partial charge in [0.1, 0.15) is 11.5 Å². The number of carbonyl (C=O) groups excluding carboxylic acids is 1. The first kappa shape index (κ1) is 13.6. The van der Waals surface area contributed by atoms with Crippen LogP contribution in [0.15, 0.2) is 24.3 Å². The average Bonchev–Trinajstić information content (AvgIpc) is 2.46. The van der Waals surface area contributed by atoms with E-state index in [9.17, 15) is 9.90 Å². The summed E-state index contributed by atoms with van der Waals surface area (Å²) in [7, 11) is 1.63. The maximum Gasteiger partial charge on any atom is 0.135 e. The van der Waals surface area contributed by atoms with E-state index in [-0.39, 0.29) is 6.04 Å². The summed E-state index contributed by atoms with van der Waals surface area (Å²) in [5.74, 6) is 1.04. The number of hydrogen-bond donors (Lipinski definition) is 1. The first-order chi connectivity index (χ1) is 9.62. The van der Waals surface area contributed by atoms with Gasteiger partial charge in [-0.3, -0.25) is 9.69 Å². The van der Waals surface area contributed by atoms with Crippen molar-refractivity contribution in [1.29, 1.82) is 0 Å². The van der Waals surface area contributed by atoms with Crippen molar-refractivity contribution < 1.29 is 14.6 Å². The number of nitrogens with zero attached hydrogens (tertiary/aromatic N) is 1. The van der Waals surface area contributed by atoms with Crippen LogP contribution in [0.2, 0.25) is 0 Å². The van der Waals surface area contributed by atoms with E-state index in [1.807, 2.05) is 24.3 Å². The summed E-state index contributed by atoms with van der Waals surface area (Å²) < 4.78 is 5.38. The molecule has 3 rings (SSSR count). The smallest absolute Gasteiger partial charge is 0.135 e. The highest BCUT2D eigenvalue weighted by Gasteiger charge is 2.42. The Kier molecular flexibility index (Phi) is 3.52. The van der Waals surface area contributed by atoms with E-state index in [2.05, 4.69) is 4.90 Å². The number of benzene rings is 1. The Balaban J connectivity index is 1.87. The maximum absolute atomic E-state index is 11.7. The van der Waals surface area contributed by atoms with Gasteiger partial charge in [0.25, 0.3) is 0 Å². The van der Waals surface area contributed by atoms with Crippen molar-refractivity contribution in [2.24, 2.45) is 0 Å². The molecule has 20 heavy (non-hydrogen) atoms. The minimum absolute atomic E-state index is 0.167. The monoisotopic (exact) mass is 275 g/mol. The molecule has 0 amide bonds. The van der Waals surface area contributed by atoms with Gasteiger partial charge in [-0.05, 0) is 18.9 Å². The van der Waals surface area contributed by atoms with Crippen molar-refractivity contribution in [1.82, 2.24) is 4.90 Å². The number of aliphatic hydroxyl groups is 1. The van der Waals surface area contributed by atoms with E-state index in [1.54, 1.807) is 7.11 Å².